The molecule has 0 bridgehead atoms. The molecule has 2 atom stereocenters. The predicted octanol–water partition coefficient (Wildman–Crippen LogP) is 2.86. The Balaban J connectivity index is 1.43. The van der Waals surface area contributed by atoms with E-state index in [0.717, 1.165) is 17.8 Å². The summed E-state index contributed by atoms with van der Waals surface area (Å²) in [5.74, 6) is 1.03. The van der Waals surface area contributed by atoms with E-state index in [-0.39, 0.29) is 17.3 Å². The Hall–Kier alpha value is -3.04. The number of rotatable bonds is 6. The van der Waals surface area contributed by atoms with Gasteiger partial charge in [0.1, 0.15) is 12.1 Å². The number of carbonyl (C=O) groups is 1. The van der Waals surface area contributed by atoms with Crippen molar-refractivity contribution in [1.82, 2.24) is 24.2 Å². The van der Waals surface area contributed by atoms with Gasteiger partial charge in [0.05, 0.1) is 4.90 Å². The van der Waals surface area contributed by atoms with Gasteiger partial charge in [-0.15, -0.1) is 0 Å². The predicted molar refractivity (Wildman–Crippen MR) is 121 cm³/mol. The molecule has 1 fully saturated rings. The van der Waals surface area contributed by atoms with Crippen LogP contribution in [0.2, 0.25) is 0 Å². The number of pyridine rings is 1. The van der Waals surface area contributed by atoms with E-state index in [4.69, 9.17) is 0 Å². The van der Waals surface area contributed by atoms with Crippen molar-refractivity contribution in [2.45, 2.75) is 31.7 Å². The highest BCUT2D eigenvalue weighted by molar-refractivity contribution is 7.89. The Bertz CT molecular complexity index is 1170. The minimum atomic E-state index is -3.64. The lowest BCUT2D eigenvalue weighted by atomic mass is 9.94. The van der Waals surface area contributed by atoms with Crippen molar-refractivity contribution >= 4 is 15.9 Å². The molecule has 9 heteroatoms. The third-order valence-electron chi connectivity index (χ3n) is 5.60. The molecule has 0 saturated carbocycles. The van der Waals surface area contributed by atoms with Crippen LogP contribution in [-0.2, 0) is 16.6 Å². The Morgan fingerprint density at radius 3 is 2.59 bits per heavy atom. The number of amides is 1. The number of hydrogen-bond donors (Lipinski definition) is 1. The van der Waals surface area contributed by atoms with Crippen LogP contribution in [-0.4, -0.2) is 46.3 Å². The van der Waals surface area contributed by atoms with Crippen LogP contribution in [0.3, 0.4) is 0 Å². The third kappa shape index (κ3) is 4.89. The largest absolute Gasteiger partial charge is 0.348 e. The van der Waals surface area contributed by atoms with E-state index in [1.165, 1.54) is 10.4 Å². The molecule has 168 valence electrons. The smallest absolute Gasteiger partial charge is 0.251 e. The summed E-state index contributed by atoms with van der Waals surface area (Å²) >= 11 is 0. The van der Waals surface area contributed by atoms with Crippen molar-refractivity contribution < 1.29 is 13.2 Å². The molecular weight excluding hydrogens is 426 g/mol. The lowest BCUT2D eigenvalue weighted by Gasteiger charge is -2.34. The summed E-state index contributed by atoms with van der Waals surface area (Å²) < 4.78 is 29.6. The van der Waals surface area contributed by atoms with E-state index in [9.17, 15) is 13.2 Å². The van der Waals surface area contributed by atoms with Gasteiger partial charge in [-0.05, 0) is 48.1 Å². The first kappa shape index (κ1) is 22.2. The van der Waals surface area contributed by atoms with Gasteiger partial charge >= 0.3 is 0 Å². The van der Waals surface area contributed by atoms with Gasteiger partial charge in [0.25, 0.3) is 5.91 Å². The van der Waals surface area contributed by atoms with Crippen LogP contribution in [0.1, 0.15) is 36.2 Å². The third-order valence-corrected chi connectivity index (χ3v) is 7.43. The van der Waals surface area contributed by atoms with Crippen LogP contribution in [0.5, 0.6) is 0 Å². The normalized spacial score (nSPS) is 19.6. The second kappa shape index (κ2) is 9.22. The summed E-state index contributed by atoms with van der Waals surface area (Å²) in [4.78, 5) is 21.2. The molecule has 1 aliphatic heterocycles. The SMILES string of the molecule is CC1CC(C)CN(S(=O)(=O)c2cccc(C(=O)NCc3ccc(-n4ccnc4)nc3)c2)C1. The lowest BCUT2D eigenvalue weighted by Crippen LogP contribution is -2.42. The molecule has 1 saturated heterocycles. The summed E-state index contributed by atoms with van der Waals surface area (Å²) in [5, 5.41) is 2.84. The molecule has 0 spiro atoms. The highest BCUT2D eigenvalue weighted by Crippen LogP contribution is 2.27. The quantitative estimate of drug-likeness (QED) is 0.619. The van der Waals surface area contributed by atoms with Gasteiger partial charge in [-0.1, -0.05) is 26.0 Å². The zero-order valence-corrected chi connectivity index (χ0v) is 19.0. The van der Waals surface area contributed by atoms with Gasteiger partial charge in [-0.2, -0.15) is 4.31 Å². The number of aromatic nitrogens is 3. The monoisotopic (exact) mass is 453 g/mol. The topological polar surface area (TPSA) is 97.2 Å². The number of nitrogens with one attached hydrogen (secondary N) is 1. The van der Waals surface area contributed by atoms with Crippen LogP contribution in [0.4, 0.5) is 0 Å². The molecule has 4 rings (SSSR count). The van der Waals surface area contributed by atoms with Gasteiger partial charge in [-0.3, -0.25) is 9.36 Å². The maximum atomic E-state index is 13.1. The van der Waals surface area contributed by atoms with Crippen LogP contribution in [0, 0.1) is 11.8 Å². The second-order valence-corrected chi connectivity index (χ2v) is 10.4. The fraction of sp³-hybridized carbons (Fsp3) is 0.348. The van der Waals surface area contributed by atoms with Gasteiger partial charge in [0.2, 0.25) is 10.0 Å². The fourth-order valence-corrected chi connectivity index (χ4v) is 5.83. The molecule has 8 nitrogen and oxygen atoms in total. The molecule has 2 aromatic heterocycles. The van der Waals surface area contributed by atoms with Gasteiger partial charge in [0.15, 0.2) is 0 Å². The first-order chi connectivity index (χ1) is 15.3. The summed E-state index contributed by atoms with van der Waals surface area (Å²) in [7, 11) is -3.64. The molecule has 1 aliphatic rings. The number of imidazole rings is 1. The lowest BCUT2D eigenvalue weighted by molar-refractivity contribution is 0.0950. The number of nitrogens with zero attached hydrogens (tertiary/aromatic N) is 4. The van der Waals surface area contributed by atoms with Crippen LogP contribution >= 0.6 is 0 Å². The van der Waals surface area contributed by atoms with E-state index in [1.807, 2.05) is 12.1 Å². The molecule has 0 aliphatic carbocycles. The molecule has 0 radical (unpaired) electrons. The Morgan fingerprint density at radius 1 is 1.16 bits per heavy atom. The van der Waals surface area contributed by atoms with E-state index in [1.54, 1.807) is 47.7 Å². The van der Waals surface area contributed by atoms with Crippen molar-refractivity contribution in [2.24, 2.45) is 11.8 Å². The Labute approximate surface area is 188 Å². The molecule has 3 aromatic rings. The molecule has 2 unspecified atom stereocenters. The highest BCUT2D eigenvalue weighted by atomic mass is 32.2. The standard InChI is InChI=1S/C23H27N5O3S/c1-17-10-18(2)15-28(14-17)32(30,31)21-5-3-4-20(11-21)23(29)26-13-19-6-7-22(25-12-19)27-9-8-24-16-27/h3-9,11-12,16-18H,10,13-15H2,1-2H3,(H,26,29). The van der Waals surface area contributed by atoms with E-state index >= 15 is 0 Å². The first-order valence-electron chi connectivity index (χ1n) is 10.6. The molecule has 1 aromatic carbocycles. The van der Waals surface area contributed by atoms with E-state index in [2.05, 4.69) is 29.1 Å². The fourth-order valence-electron chi connectivity index (χ4n) is 4.10. The van der Waals surface area contributed by atoms with Crippen molar-refractivity contribution in [3.63, 3.8) is 0 Å². The van der Waals surface area contributed by atoms with Crippen LogP contribution in [0.25, 0.3) is 5.82 Å². The number of carbonyl (C=O) groups excluding carboxylic acids is 1. The summed E-state index contributed by atoms with van der Waals surface area (Å²) in [6.45, 7) is 5.43. The molecule has 3 heterocycles. The summed E-state index contributed by atoms with van der Waals surface area (Å²) in [5.41, 5.74) is 1.15. The molecular formula is C23H27N5O3S. The molecule has 1 amide bonds. The average molecular weight is 454 g/mol. The number of piperidine rings is 1. The zero-order valence-electron chi connectivity index (χ0n) is 18.2. The Morgan fingerprint density at radius 2 is 1.94 bits per heavy atom. The number of hydrogen-bond acceptors (Lipinski definition) is 5. The van der Waals surface area contributed by atoms with Crippen LogP contribution in [0.15, 0.2) is 66.2 Å². The van der Waals surface area contributed by atoms with Crippen molar-refractivity contribution in [1.29, 1.82) is 0 Å². The van der Waals surface area contributed by atoms with Crippen molar-refractivity contribution in [2.75, 3.05) is 13.1 Å². The minimum absolute atomic E-state index is 0.151. The first-order valence-corrected chi connectivity index (χ1v) is 12.1. The Kier molecular flexibility index (Phi) is 6.38. The van der Waals surface area contributed by atoms with Crippen molar-refractivity contribution in [3.05, 3.63) is 72.4 Å². The van der Waals surface area contributed by atoms with Gasteiger partial charge in [0, 0.05) is 43.8 Å². The van der Waals surface area contributed by atoms with E-state index < -0.39 is 10.0 Å². The maximum absolute atomic E-state index is 13.1. The van der Waals surface area contributed by atoms with Crippen molar-refractivity contribution in [3.8, 4) is 5.82 Å². The second-order valence-electron chi connectivity index (χ2n) is 8.47. The van der Waals surface area contributed by atoms with Gasteiger partial charge in [-0.25, -0.2) is 18.4 Å². The molecule has 1 N–H and O–H groups in total. The minimum Gasteiger partial charge on any atom is -0.348 e. The highest BCUT2D eigenvalue weighted by Gasteiger charge is 2.31. The summed E-state index contributed by atoms with van der Waals surface area (Å²) in [6, 6.07) is 9.96. The average Bonchev–Trinajstić information content (AvgIpc) is 3.32. The summed E-state index contributed by atoms with van der Waals surface area (Å²) in [6.07, 6.45) is 7.85. The molecule has 32 heavy (non-hydrogen) atoms. The maximum Gasteiger partial charge on any atom is 0.251 e. The van der Waals surface area contributed by atoms with Crippen LogP contribution < -0.4 is 5.32 Å². The number of sulfonamides is 1. The van der Waals surface area contributed by atoms with E-state index in [0.29, 0.717) is 30.5 Å². The number of benzene rings is 1. The zero-order chi connectivity index (χ0) is 22.7. The van der Waals surface area contributed by atoms with Gasteiger partial charge < -0.3 is 5.32 Å².